The maximum Gasteiger partial charge on any atom is 0.00647 e. The Morgan fingerprint density at radius 2 is 1.72 bits per heavy atom. The van der Waals surface area contributed by atoms with Crippen molar-refractivity contribution in [1.82, 2.24) is 10.2 Å². The number of hydrogen-bond donors (Lipinski definition) is 1. The molecule has 2 nitrogen and oxygen atoms in total. The van der Waals surface area contributed by atoms with Gasteiger partial charge in [0.2, 0.25) is 0 Å². The minimum Gasteiger partial charge on any atom is -0.383 e. The van der Waals surface area contributed by atoms with E-state index in [0.717, 1.165) is 29.1 Å². The summed E-state index contributed by atoms with van der Waals surface area (Å²) in [6, 6.07) is 6.20. The molecule has 0 atom stereocenters. The van der Waals surface area contributed by atoms with Gasteiger partial charge in [-0.05, 0) is 87.2 Å². The molecule has 1 aromatic rings. The minimum atomic E-state index is 0.707. The standard InChI is InChI=1S/C14H23N.C13H17N/c1-5-13(10-12(4)11(2)3)14-6-8-15-9-7-14;1-10(2)12-7-6-11(3)13(8-12)9-14(4)5/h5,10,14-15H,1,6-9H2,2-4H3;6-9H,1,3H2,2,4-5H3/b13-10+;13-9-. The molecule has 158 valence electrons. The zero-order valence-electron chi connectivity index (χ0n) is 19.4. The van der Waals surface area contributed by atoms with Crippen molar-refractivity contribution in [2.24, 2.45) is 5.92 Å². The van der Waals surface area contributed by atoms with E-state index in [1.54, 1.807) is 0 Å². The summed E-state index contributed by atoms with van der Waals surface area (Å²) >= 11 is 0. The van der Waals surface area contributed by atoms with E-state index in [-0.39, 0.29) is 0 Å². The first-order chi connectivity index (χ1) is 13.6. The topological polar surface area (TPSA) is 15.3 Å². The highest BCUT2D eigenvalue weighted by atomic mass is 15.0. The Morgan fingerprint density at radius 3 is 2.21 bits per heavy atom. The zero-order chi connectivity index (χ0) is 22.0. The Hall–Kier alpha value is -2.32. The average molecular weight is 393 g/mol. The second-order valence-electron chi connectivity index (χ2n) is 8.34. The van der Waals surface area contributed by atoms with Crippen LogP contribution in [0.1, 0.15) is 46.1 Å². The van der Waals surface area contributed by atoms with Gasteiger partial charge in [0.25, 0.3) is 0 Å². The van der Waals surface area contributed by atoms with Crippen LogP contribution in [0.4, 0.5) is 0 Å². The van der Waals surface area contributed by atoms with Crippen molar-refractivity contribution in [1.29, 1.82) is 0 Å². The van der Waals surface area contributed by atoms with Gasteiger partial charge in [0, 0.05) is 20.3 Å². The molecule has 1 N–H and O–H groups in total. The first kappa shape index (κ1) is 24.7. The third kappa shape index (κ3) is 8.70. The van der Waals surface area contributed by atoms with Gasteiger partial charge in [-0.1, -0.05) is 60.7 Å². The molecule has 1 heterocycles. The average Bonchev–Trinajstić information content (AvgIpc) is 2.68. The summed E-state index contributed by atoms with van der Waals surface area (Å²) in [5.41, 5.74) is 6.44. The van der Waals surface area contributed by atoms with E-state index < -0.39 is 0 Å². The van der Waals surface area contributed by atoms with Crippen LogP contribution in [0.3, 0.4) is 0 Å². The van der Waals surface area contributed by atoms with Gasteiger partial charge < -0.3 is 10.2 Å². The van der Waals surface area contributed by atoms with E-state index in [1.807, 2.05) is 38.1 Å². The third-order valence-electron chi connectivity index (χ3n) is 5.25. The van der Waals surface area contributed by atoms with Crippen LogP contribution in [0.15, 0.2) is 60.2 Å². The number of hydrogen-bond acceptors (Lipinski definition) is 2. The van der Waals surface area contributed by atoms with E-state index >= 15 is 0 Å². The van der Waals surface area contributed by atoms with Gasteiger partial charge in [0.1, 0.15) is 0 Å². The van der Waals surface area contributed by atoms with Gasteiger partial charge in [0.15, 0.2) is 0 Å². The van der Waals surface area contributed by atoms with E-state index in [2.05, 4.69) is 70.2 Å². The van der Waals surface area contributed by atoms with Crippen molar-refractivity contribution in [3.63, 3.8) is 0 Å². The second kappa shape index (κ2) is 12.3. The highest BCUT2D eigenvalue weighted by Gasteiger charge is 2.15. The highest BCUT2D eigenvalue weighted by molar-refractivity contribution is 5.61. The Balaban J connectivity index is 0.000000291. The predicted octanol–water partition coefficient (Wildman–Crippen LogP) is 4.88. The van der Waals surface area contributed by atoms with Crippen LogP contribution in [-0.2, 0) is 0 Å². The summed E-state index contributed by atoms with van der Waals surface area (Å²) in [7, 11) is 4.01. The van der Waals surface area contributed by atoms with Crippen LogP contribution in [-0.4, -0.2) is 32.1 Å². The molecule has 2 heteroatoms. The van der Waals surface area contributed by atoms with Gasteiger partial charge >= 0.3 is 0 Å². The van der Waals surface area contributed by atoms with Gasteiger partial charge in [-0.2, -0.15) is 0 Å². The maximum absolute atomic E-state index is 3.99. The number of nitrogens with one attached hydrogen (secondary N) is 1. The van der Waals surface area contributed by atoms with Gasteiger partial charge in [-0.25, -0.2) is 0 Å². The molecule has 0 unspecified atom stereocenters. The molecule has 2 rings (SSSR count). The monoisotopic (exact) mass is 392 g/mol. The quantitative estimate of drug-likeness (QED) is 0.718. The molecule has 0 amide bonds. The molecule has 1 saturated heterocycles. The summed E-state index contributed by atoms with van der Waals surface area (Å²) < 4.78 is 0. The normalized spacial score (nSPS) is 15.2. The zero-order valence-corrected chi connectivity index (χ0v) is 19.4. The fourth-order valence-electron chi connectivity index (χ4n) is 3.15. The molecule has 1 aromatic carbocycles. The lowest BCUT2D eigenvalue weighted by Crippen LogP contribution is -2.28. The van der Waals surface area contributed by atoms with Crippen molar-refractivity contribution in [3.8, 4) is 0 Å². The Kier molecular flexibility index (Phi) is 10.5. The summed E-state index contributed by atoms with van der Waals surface area (Å²) in [5.74, 6) is 0.707. The lowest BCUT2D eigenvalue weighted by molar-refractivity contribution is 0.425. The molecular formula is C27H40N2. The smallest absolute Gasteiger partial charge is 0.00647 e. The molecule has 1 aliphatic rings. The summed E-state index contributed by atoms with van der Waals surface area (Å²) in [6.45, 7) is 22.7. The molecule has 1 fully saturated rings. The van der Waals surface area contributed by atoms with Crippen molar-refractivity contribution in [3.05, 3.63) is 76.2 Å². The summed E-state index contributed by atoms with van der Waals surface area (Å²) in [5, 5.41) is 5.59. The number of nitrogens with zero attached hydrogens (tertiary/aromatic N) is 1. The largest absolute Gasteiger partial charge is 0.383 e. The SMILES string of the molecule is C=C(C)c1ccc(=C)/c(=C\N(C)C)c1.C=C/C(=C\C(C)=C(C)C)C1CCNCC1. The number of allylic oxidation sites excluding steroid dienone is 6. The molecule has 29 heavy (non-hydrogen) atoms. The Morgan fingerprint density at radius 1 is 1.10 bits per heavy atom. The van der Waals surface area contributed by atoms with Crippen LogP contribution in [0.2, 0.25) is 0 Å². The number of benzene rings is 1. The molecule has 0 aliphatic carbocycles. The number of piperidine rings is 1. The lowest BCUT2D eigenvalue weighted by Gasteiger charge is -2.24. The Bertz CT molecular complexity index is 858. The van der Waals surface area contributed by atoms with Crippen molar-refractivity contribution < 1.29 is 0 Å². The molecule has 0 radical (unpaired) electrons. The first-order valence-corrected chi connectivity index (χ1v) is 10.5. The molecule has 0 bridgehead atoms. The van der Waals surface area contributed by atoms with Crippen molar-refractivity contribution in [2.45, 2.75) is 40.5 Å². The van der Waals surface area contributed by atoms with Crippen LogP contribution < -0.4 is 15.8 Å². The molecule has 0 spiro atoms. The Labute approximate surface area is 178 Å². The predicted molar refractivity (Wildman–Crippen MR) is 132 cm³/mol. The van der Waals surface area contributed by atoms with E-state index in [0.29, 0.717) is 5.92 Å². The van der Waals surface area contributed by atoms with Gasteiger partial charge in [-0.3, -0.25) is 0 Å². The van der Waals surface area contributed by atoms with Crippen LogP contribution in [0, 0.1) is 5.92 Å². The maximum atomic E-state index is 3.99. The van der Waals surface area contributed by atoms with Crippen LogP contribution in [0.5, 0.6) is 0 Å². The summed E-state index contributed by atoms with van der Waals surface area (Å²) in [4.78, 5) is 2.02. The van der Waals surface area contributed by atoms with Gasteiger partial charge in [-0.15, -0.1) is 0 Å². The number of rotatable bonds is 5. The first-order valence-electron chi connectivity index (χ1n) is 10.5. The van der Waals surface area contributed by atoms with E-state index in [9.17, 15) is 0 Å². The molecule has 0 saturated carbocycles. The van der Waals surface area contributed by atoms with Crippen molar-refractivity contribution in [2.75, 3.05) is 27.2 Å². The van der Waals surface area contributed by atoms with Crippen LogP contribution >= 0.6 is 0 Å². The second-order valence-corrected chi connectivity index (χ2v) is 8.34. The minimum absolute atomic E-state index is 0.707. The molecule has 1 aliphatic heterocycles. The molecular weight excluding hydrogens is 352 g/mol. The van der Waals surface area contributed by atoms with Crippen LogP contribution in [0.25, 0.3) is 18.4 Å². The van der Waals surface area contributed by atoms with E-state index in [1.165, 1.54) is 35.1 Å². The fraction of sp³-hybridized carbons (Fsp3) is 0.407. The summed E-state index contributed by atoms with van der Waals surface area (Å²) in [6.07, 6.45) is 8.89. The molecule has 0 aromatic heterocycles. The van der Waals surface area contributed by atoms with Gasteiger partial charge in [0.05, 0.1) is 0 Å². The van der Waals surface area contributed by atoms with Crippen molar-refractivity contribution >= 4 is 18.4 Å². The van der Waals surface area contributed by atoms with E-state index in [4.69, 9.17) is 0 Å². The third-order valence-corrected chi connectivity index (χ3v) is 5.25. The lowest BCUT2D eigenvalue weighted by atomic mass is 9.88. The fourth-order valence-corrected chi connectivity index (χ4v) is 3.15. The highest BCUT2D eigenvalue weighted by Crippen LogP contribution is 2.24.